The van der Waals surface area contributed by atoms with Gasteiger partial charge in [-0.05, 0) is 12.1 Å². The Morgan fingerprint density at radius 2 is 1.19 bits per heavy atom. The van der Waals surface area contributed by atoms with Crippen LogP contribution in [0.4, 0.5) is 5.69 Å². The lowest BCUT2D eigenvalue weighted by Crippen LogP contribution is -2.32. The number of rotatable bonds is 11. The third-order valence-corrected chi connectivity index (χ3v) is 5.21. The smallest absolute Gasteiger partial charge is 0.113 e. The fourth-order valence-electron chi connectivity index (χ4n) is 3.63. The fourth-order valence-corrected chi connectivity index (χ4v) is 3.63. The van der Waals surface area contributed by atoms with E-state index in [0.717, 1.165) is 72.0 Å². The largest absolute Gasteiger partial charge is 0.382 e. The molecule has 6 nitrogen and oxygen atoms in total. The lowest BCUT2D eigenvalue weighted by Gasteiger charge is -2.14. The molecule has 0 saturated carbocycles. The fraction of sp³-hybridized carbons (Fsp3) is 0.231. The lowest BCUT2D eigenvalue weighted by molar-refractivity contribution is 0.622. The van der Waals surface area contributed by atoms with Crippen molar-refractivity contribution in [1.82, 2.24) is 20.6 Å². The Morgan fingerprint density at radius 3 is 1.84 bits per heavy atom. The standard InChI is InChI=1S/C26H30N6/c27-14-15-28-16-17-29-18-19-30-22-12-7-13-23-26(22)32-25(21-10-5-2-6-11-21)24(31-23)20-8-3-1-4-9-20/h1-13,28-30H,14-19,27H2. The van der Waals surface area contributed by atoms with E-state index in [2.05, 4.69) is 46.3 Å². The Morgan fingerprint density at radius 1 is 0.594 bits per heavy atom. The maximum Gasteiger partial charge on any atom is 0.113 e. The number of nitrogens with two attached hydrogens (primary N) is 1. The number of nitrogens with zero attached hydrogens (tertiary/aromatic N) is 2. The molecule has 164 valence electrons. The van der Waals surface area contributed by atoms with Crippen molar-refractivity contribution in [2.45, 2.75) is 0 Å². The van der Waals surface area contributed by atoms with Crippen LogP contribution in [0.1, 0.15) is 0 Å². The van der Waals surface area contributed by atoms with Crippen molar-refractivity contribution in [1.29, 1.82) is 0 Å². The Labute approximate surface area is 189 Å². The van der Waals surface area contributed by atoms with Crippen LogP contribution < -0.4 is 21.7 Å². The summed E-state index contributed by atoms with van der Waals surface area (Å²) in [5.41, 5.74) is 12.2. The highest BCUT2D eigenvalue weighted by molar-refractivity contribution is 5.93. The van der Waals surface area contributed by atoms with Gasteiger partial charge in [-0.1, -0.05) is 66.7 Å². The van der Waals surface area contributed by atoms with Crippen molar-refractivity contribution < 1.29 is 0 Å². The van der Waals surface area contributed by atoms with E-state index >= 15 is 0 Å². The first kappa shape index (κ1) is 21.9. The normalized spacial score (nSPS) is 11.0. The molecule has 5 N–H and O–H groups in total. The Bertz CT molecular complexity index is 1120. The first-order valence-electron chi connectivity index (χ1n) is 11.1. The summed E-state index contributed by atoms with van der Waals surface area (Å²) >= 11 is 0. The molecule has 0 bridgehead atoms. The highest BCUT2D eigenvalue weighted by Crippen LogP contribution is 2.32. The summed E-state index contributed by atoms with van der Waals surface area (Å²) in [6.45, 7) is 5.01. The zero-order valence-electron chi connectivity index (χ0n) is 18.2. The van der Waals surface area contributed by atoms with Crippen molar-refractivity contribution in [3.8, 4) is 22.5 Å². The molecule has 0 unspecified atom stereocenters. The molecule has 0 amide bonds. The second-order valence-corrected chi connectivity index (χ2v) is 7.54. The molecule has 0 saturated heterocycles. The predicted molar refractivity (Wildman–Crippen MR) is 134 cm³/mol. The van der Waals surface area contributed by atoms with Gasteiger partial charge in [0.15, 0.2) is 0 Å². The van der Waals surface area contributed by atoms with Crippen LogP contribution in [-0.2, 0) is 0 Å². The summed E-state index contributed by atoms with van der Waals surface area (Å²) in [6.07, 6.45) is 0. The van der Waals surface area contributed by atoms with Gasteiger partial charge in [0, 0.05) is 50.4 Å². The van der Waals surface area contributed by atoms with Crippen molar-refractivity contribution >= 4 is 16.7 Å². The van der Waals surface area contributed by atoms with E-state index in [0.29, 0.717) is 6.54 Å². The summed E-state index contributed by atoms with van der Waals surface area (Å²) in [4.78, 5) is 10.1. The Kier molecular flexibility index (Phi) is 7.76. The molecule has 0 aliphatic rings. The average molecular weight is 427 g/mol. The van der Waals surface area contributed by atoms with E-state index in [1.165, 1.54) is 0 Å². The first-order valence-corrected chi connectivity index (χ1v) is 11.1. The summed E-state index contributed by atoms with van der Waals surface area (Å²) in [6, 6.07) is 26.6. The number of hydrogen-bond donors (Lipinski definition) is 4. The minimum absolute atomic E-state index is 0.667. The number of hydrogen-bond acceptors (Lipinski definition) is 6. The molecule has 32 heavy (non-hydrogen) atoms. The summed E-state index contributed by atoms with van der Waals surface area (Å²) in [5, 5.41) is 10.2. The van der Waals surface area contributed by atoms with Gasteiger partial charge in [0.2, 0.25) is 0 Å². The summed E-state index contributed by atoms with van der Waals surface area (Å²) in [7, 11) is 0. The van der Waals surface area contributed by atoms with Crippen LogP contribution >= 0.6 is 0 Å². The molecule has 1 aromatic heterocycles. The molecule has 0 aliphatic carbocycles. The van der Waals surface area contributed by atoms with Crippen LogP contribution in [0.2, 0.25) is 0 Å². The number of benzene rings is 3. The van der Waals surface area contributed by atoms with E-state index in [1.54, 1.807) is 0 Å². The minimum Gasteiger partial charge on any atom is -0.382 e. The average Bonchev–Trinajstić information content (AvgIpc) is 2.86. The SMILES string of the molecule is NCCNCCNCCNc1cccc2nc(-c3ccccc3)c(-c3ccccc3)nc12. The maximum atomic E-state index is 5.49. The minimum atomic E-state index is 0.667. The van der Waals surface area contributed by atoms with Gasteiger partial charge < -0.3 is 21.7 Å². The molecule has 0 fully saturated rings. The molecule has 3 aromatic carbocycles. The second kappa shape index (κ2) is 11.3. The first-order chi connectivity index (χ1) is 15.9. The predicted octanol–water partition coefficient (Wildman–Crippen LogP) is 3.51. The van der Waals surface area contributed by atoms with E-state index in [1.807, 2.05) is 48.5 Å². The molecule has 0 radical (unpaired) electrons. The number of para-hydroxylation sites is 1. The zero-order chi connectivity index (χ0) is 22.0. The van der Waals surface area contributed by atoms with Crippen LogP contribution in [-0.4, -0.2) is 49.2 Å². The Balaban J connectivity index is 1.58. The molecule has 4 rings (SSSR count). The molecule has 0 aliphatic heterocycles. The van der Waals surface area contributed by atoms with Crippen LogP contribution in [0.5, 0.6) is 0 Å². The third kappa shape index (κ3) is 5.48. The monoisotopic (exact) mass is 426 g/mol. The third-order valence-electron chi connectivity index (χ3n) is 5.21. The van der Waals surface area contributed by atoms with Crippen molar-refractivity contribution in [2.24, 2.45) is 5.73 Å². The molecular formula is C26H30N6. The van der Waals surface area contributed by atoms with Gasteiger partial charge >= 0.3 is 0 Å². The van der Waals surface area contributed by atoms with E-state index < -0.39 is 0 Å². The van der Waals surface area contributed by atoms with Crippen molar-refractivity contribution in [3.05, 3.63) is 78.9 Å². The summed E-state index contributed by atoms with van der Waals surface area (Å²) in [5.74, 6) is 0. The van der Waals surface area contributed by atoms with Crippen LogP contribution in [0.3, 0.4) is 0 Å². The lowest BCUT2D eigenvalue weighted by atomic mass is 10.0. The van der Waals surface area contributed by atoms with Gasteiger partial charge in [0.25, 0.3) is 0 Å². The molecule has 6 heteroatoms. The molecule has 0 atom stereocenters. The summed E-state index contributed by atoms with van der Waals surface area (Å²) < 4.78 is 0. The van der Waals surface area contributed by atoms with Crippen LogP contribution in [0, 0.1) is 0 Å². The topological polar surface area (TPSA) is 87.9 Å². The van der Waals surface area contributed by atoms with E-state index in [-0.39, 0.29) is 0 Å². The molecule has 1 heterocycles. The number of anilines is 1. The number of fused-ring (bicyclic) bond motifs is 1. The second-order valence-electron chi connectivity index (χ2n) is 7.54. The van der Waals surface area contributed by atoms with Crippen LogP contribution in [0.25, 0.3) is 33.5 Å². The number of aromatic nitrogens is 2. The van der Waals surface area contributed by atoms with Crippen LogP contribution in [0.15, 0.2) is 78.9 Å². The Hall–Kier alpha value is -3.32. The van der Waals surface area contributed by atoms with Gasteiger partial charge in [-0.15, -0.1) is 0 Å². The van der Waals surface area contributed by atoms with Gasteiger partial charge in [-0.2, -0.15) is 0 Å². The van der Waals surface area contributed by atoms with E-state index in [9.17, 15) is 0 Å². The molecule has 4 aromatic rings. The van der Waals surface area contributed by atoms with Gasteiger partial charge in [0.1, 0.15) is 5.52 Å². The van der Waals surface area contributed by atoms with E-state index in [4.69, 9.17) is 15.7 Å². The van der Waals surface area contributed by atoms with Gasteiger partial charge in [0.05, 0.1) is 22.6 Å². The molecular weight excluding hydrogens is 396 g/mol. The molecule has 0 spiro atoms. The van der Waals surface area contributed by atoms with Gasteiger partial charge in [-0.25, -0.2) is 9.97 Å². The number of nitrogens with one attached hydrogen (secondary N) is 3. The van der Waals surface area contributed by atoms with Gasteiger partial charge in [-0.3, -0.25) is 0 Å². The quantitative estimate of drug-likeness (QED) is 0.275. The highest BCUT2D eigenvalue weighted by Gasteiger charge is 2.14. The van der Waals surface area contributed by atoms with Crippen molar-refractivity contribution in [3.63, 3.8) is 0 Å². The zero-order valence-corrected chi connectivity index (χ0v) is 18.2. The maximum absolute atomic E-state index is 5.49. The highest BCUT2D eigenvalue weighted by atomic mass is 15.0. The van der Waals surface area contributed by atoms with Crippen molar-refractivity contribution in [2.75, 3.05) is 44.6 Å².